The molecule has 0 radical (unpaired) electrons. The fourth-order valence-corrected chi connectivity index (χ4v) is 0.976. The Balaban J connectivity index is 4.57. The molecule has 0 spiro atoms. The molecule has 0 fully saturated rings. The lowest BCUT2D eigenvalue weighted by Gasteiger charge is -2.16. The fraction of sp³-hybridized carbons (Fsp3) is 0.571. The normalized spacial score (nSPS) is 12.9. The van der Waals surface area contributed by atoms with Gasteiger partial charge >= 0.3 is 17.7 Å². The van der Waals surface area contributed by atoms with Crippen molar-refractivity contribution >= 4 is 18.0 Å². The number of carbonyl (C=O) groups is 2. The molecule has 0 saturated carbocycles. The molecule has 0 saturated heterocycles. The second-order valence-electron chi connectivity index (χ2n) is 3.36. The third-order valence-corrected chi connectivity index (χ3v) is 1.89. The highest BCUT2D eigenvalue weighted by molar-refractivity contribution is 5.78. The number of aliphatic imine (C=N–C) groups is 1. The van der Waals surface area contributed by atoms with Crippen molar-refractivity contribution < 1.29 is 24.3 Å². The Hall–Kier alpha value is -2.63. The van der Waals surface area contributed by atoms with Crippen LogP contribution in [0.3, 0.4) is 0 Å². The minimum Gasteiger partial charge on any atom is -0.370 e. The highest BCUT2D eigenvalue weighted by atomic mass is 17.2. The third kappa shape index (κ3) is 5.49. The van der Waals surface area contributed by atoms with Crippen molar-refractivity contribution in [2.24, 2.45) is 27.9 Å². The minimum absolute atomic E-state index is 0.0269. The molecule has 1 unspecified atom stereocenters. The number of nitro groups is 1. The lowest BCUT2D eigenvalue weighted by molar-refractivity contribution is -0.558. The van der Waals surface area contributed by atoms with Crippen LogP contribution in [0, 0.1) is 10.1 Å². The summed E-state index contributed by atoms with van der Waals surface area (Å²) in [5.41, 5.74) is 17.3. The summed E-state index contributed by atoms with van der Waals surface area (Å²) in [5, 5.41) is 10.8. The maximum atomic E-state index is 11.3. The van der Waals surface area contributed by atoms with E-state index < -0.39 is 29.1 Å². The number of amides is 1. The van der Waals surface area contributed by atoms with Gasteiger partial charge in [-0.2, -0.15) is 0 Å². The summed E-state index contributed by atoms with van der Waals surface area (Å²) in [6.07, 6.45) is -1.85. The zero-order valence-electron chi connectivity index (χ0n) is 9.77. The van der Waals surface area contributed by atoms with Gasteiger partial charge in [-0.05, 0) is 6.42 Å². The number of hydrogen-bond donors (Lipinski definition) is 4. The molecule has 12 heteroatoms. The Morgan fingerprint density at radius 2 is 1.84 bits per heavy atom. The van der Waals surface area contributed by atoms with Crippen molar-refractivity contribution in [1.82, 2.24) is 0 Å². The maximum Gasteiger partial charge on any atom is 0.447 e. The molecule has 12 nitrogen and oxygen atoms in total. The van der Waals surface area contributed by atoms with Crippen molar-refractivity contribution in [2.75, 3.05) is 6.54 Å². The van der Waals surface area contributed by atoms with E-state index in [4.69, 9.17) is 17.2 Å². The topological polar surface area (TPSA) is 212 Å². The van der Waals surface area contributed by atoms with E-state index in [-0.39, 0.29) is 18.9 Å². The minimum atomic E-state index is -2.59. The predicted molar refractivity (Wildman–Crippen MR) is 60.6 cm³/mol. The number of rotatable bonds is 6. The van der Waals surface area contributed by atoms with E-state index in [0.717, 1.165) is 0 Å². The summed E-state index contributed by atoms with van der Waals surface area (Å²) in [7, 11) is 0. The first-order chi connectivity index (χ1) is 8.70. The second kappa shape index (κ2) is 6.95. The SMILES string of the molecule is NC(=O)OOC(=O)C(N)(CCCN=C(N)N)[N+](=O)[O-]. The molecule has 1 atom stereocenters. The van der Waals surface area contributed by atoms with Gasteiger partial charge in [-0.3, -0.25) is 20.8 Å². The van der Waals surface area contributed by atoms with Crippen LogP contribution in [-0.4, -0.2) is 35.2 Å². The van der Waals surface area contributed by atoms with Gasteiger partial charge in [0, 0.05) is 13.0 Å². The quantitative estimate of drug-likeness (QED) is 0.0768. The van der Waals surface area contributed by atoms with Crippen LogP contribution in [0.4, 0.5) is 4.79 Å². The van der Waals surface area contributed by atoms with Crippen LogP contribution in [-0.2, 0) is 14.6 Å². The van der Waals surface area contributed by atoms with Gasteiger partial charge in [0.25, 0.3) is 0 Å². The molecule has 0 heterocycles. The van der Waals surface area contributed by atoms with E-state index in [0.29, 0.717) is 0 Å². The largest absolute Gasteiger partial charge is 0.447 e. The zero-order valence-corrected chi connectivity index (χ0v) is 9.77. The summed E-state index contributed by atoms with van der Waals surface area (Å²) in [6.45, 7) is 0.0269. The Morgan fingerprint density at radius 3 is 2.26 bits per heavy atom. The van der Waals surface area contributed by atoms with Gasteiger partial charge < -0.3 is 17.2 Å². The van der Waals surface area contributed by atoms with Crippen LogP contribution in [0.5, 0.6) is 0 Å². The number of primary amides is 1. The molecule has 108 valence electrons. The number of carbonyl (C=O) groups excluding carboxylic acids is 2. The van der Waals surface area contributed by atoms with Crippen molar-refractivity contribution in [2.45, 2.75) is 18.5 Å². The van der Waals surface area contributed by atoms with E-state index in [9.17, 15) is 19.7 Å². The van der Waals surface area contributed by atoms with E-state index in [2.05, 4.69) is 20.5 Å². The predicted octanol–water partition coefficient (Wildman–Crippen LogP) is -2.47. The van der Waals surface area contributed by atoms with Crippen molar-refractivity contribution in [1.29, 1.82) is 0 Å². The van der Waals surface area contributed by atoms with E-state index in [1.807, 2.05) is 0 Å². The summed E-state index contributed by atoms with van der Waals surface area (Å²) < 4.78 is 0. The molecular formula is C7H14N6O6. The molecule has 0 aliphatic rings. The first kappa shape index (κ1) is 16.4. The molecule has 19 heavy (non-hydrogen) atoms. The number of nitrogens with two attached hydrogens (primary N) is 4. The highest BCUT2D eigenvalue weighted by Crippen LogP contribution is 2.13. The molecule has 0 aromatic rings. The lowest BCUT2D eigenvalue weighted by Crippen LogP contribution is -2.56. The third-order valence-electron chi connectivity index (χ3n) is 1.89. The molecule has 0 rings (SSSR count). The Bertz CT molecular complexity index is 394. The number of hydrogen-bond acceptors (Lipinski definition) is 8. The number of guanidine groups is 1. The van der Waals surface area contributed by atoms with Crippen LogP contribution in [0.2, 0.25) is 0 Å². The average Bonchev–Trinajstić information content (AvgIpc) is 2.30. The fourth-order valence-electron chi connectivity index (χ4n) is 0.976. The molecule has 1 amide bonds. The Labute approximate surface area is 106 Å². The first-order valence-electron chi connectivity index (χ1n) is 4.87. The molecule has 0 bridgehead atoms. The lowest BCUT2D eigenvalue weighted by atomic mass is 10.1. The summed E-state index contributed by atoms with van der Waals surface area (Å²) in [4.78, 5) is 42.3. The van der Waals surface area contributed by atoms with Gasteiger partial charge in [-0.15, -0.1) is 0 Å². The van der Waals surface area contributed by atoms with Crippen LogP contribution in [0.1, 0.15) is 12.8 Å². The Kier molecular flexibility index (Phi) is 5.99. The molecule has 0 aliphatic heterocycles. The second-order valence-corrected chi connectivity index (χ2v) is 3.36. The first-order valence-corrected chi connectivity index (χ1v) is 4.87. The van der Waals surface area contributed by atoms with E-state index in [1.165, 1.54) is 0 Å². The van der Waals surface area contributed by atoms with Gasteiger partial charge in [-0.1, -0.05) is 0 Å². The van der Waals surface area contributed by atoms with Crippen molar-refractivity contribution in [3.8, 4) is 0 Å². The molecule has 0 aromatic carbocycles. The van der Waals surface area contributed by atoms with Gasteiger partial charge in [0.1, 0.15) is 0 Å². The number of nitrogens with zero attached hydrogens (tertiary/aromatic N) is 2. The van der Waals surface area contributed by atoms with Crippen LogP contribution < -0.4 is 22.9 Å². The molecule has 8 N–H and O–H groups in total. The monoisotopic (exact) mass is 278 g/mol. The summed E-state index contributed by atoms with van der Waals surface area (Å²) in [5.74, 6) is -1.77. The van der Waals surface area contributed by atoms with Gasteiger partial charge in [0.05, 0.1) is 4.92 Å². The maximum absolute atomic E-state index is 11.3. The van der Waals surface area contributed by atoms with Crippen LogP contribution in [0.25, 0.3) is 0 Å². The zero-order chi connectivity index (χ0) is 15.1. The van der Waals surface area contributed by atoms with E-state index >= 15 is 0 Å². The van der Waals surface area contributed by atoms with Crippen LogP contribution >= 0.6 is 0 Å². The average molecular weight is 278 g/mol. The summed E-state index contributed by atoms with van der Waals surface area (Å²) in [6, 6.07) is 0. The smallest absolute Gasteiger partial charge is 0.370 e. The Morgan fingerprint density at radius 1 is 1.26 bits per heavy atom. The van der Waals surface area contributed by atoms with Gasteiger partial charge in [0.15, 0.2) is 5.96 Å². The van der Waals surface area contributed by atoms with Crippen molar-refractivity contribution in [3.05, 3.63) is 10.1 Å². The van der Waals surface area contributed by atoms with Gasteiger partial charge in [-0.25, -0.2) is 19.4 Å². The standard InChI is InChI=1S/C7H14N6O6/c8-5(9)12-3-1-2-7(11,13(16)17)4(14)18-19-6(10)15/h1-3,11H2,(H2,10,15)(H4,8,9,12). The highest BCUT2D eigenvalue weighted by Gasteiger charge is 2.49. The van der Waals surface area contributed by atoms with Crippen LogP contribution in [0.15, 0.2) is 4.99 Å². The van der Waals surface area contributed by atoms with E-state index in [1.54, 1.807) is 0 Å². The molecule has 0 aliphatic carbocycles. The van der Waals surface area contributed by atoms with Gasteiger partial charge in [0.2, 0.25) is 0 Å². The summed E-state index contributed by atoms with van der Waals surface area (Å²) >= 11 is 0. The van der Waals surface area contributed by atoms with Crippen molar-refractivity contribution in [3.63, 3.8) is 0 Å². The molecular weight excluding hydrogens is 264 g/mol. The molecule has 0 aromatic heterocycles.